The molecule has 0 saturated carbocycles. The zero-order valence-corrected chi connectivity index (χ0v) is 18.2. The number of benzene rings is 3. The van der Waals surface area contributed by atoms with Gasteiger partial charge in [0.1, 0.15) is 0 Å². The molecule has 0 radical (unpaired) electrons. The Morgan fingerprint density at radius 2 is 1.61 bits per heavy atom. The van der Waals surface area contributed by atoms with Gasteiger partial charge in [-0.2, -0.15) is 0 Å². The molecule has 3 aromatic carbocycles. The van der Waals surface area contributed by atoms with Crippen molar-refractivity contribution in [1.29, 1.82) is 0 Å². The minimum atomic E-state index is -0.492. The summed E-state index contributed by atoms with van der Waals surface area (Å²) in [6.45, 7) is 0.434. The molecule has 0 bridgehead atoms. The number of carbonyl (C=O) groups is 2. The summed E-state index contributed by atoms with van der Waals surface area (Å²) in [5.41, 5.74) is 2.72. The summed E-state index contributed by atoms with van der Waals surface area (Å²) in [5, 5.41) is 19.0. The van der Waals surface area contributed by atoms with Crippen LogP contribution in [0.1, 0.15) is 21.5 Å². The van der Waals surface area contributed by atoms with Crippen LogP contribution < -0.4 is 16.0 Å². The zero-order valence-electron chi connectivity index (χ0n) is 17.4. The lowest BCUT2D eigenvalue weighted by Crippen LogP contribution is -2.32. The van der Waals surface area contributed by atoms with Crippen LogP contribution >= 0.6 is 12.2 Å². The molecule has 8 nitrogen and oxygen atoms in total. The summed E-state index contributed by atoms with van der Waals surface area (Å²) in [6.07, 6.45) is 2.79. The van der Waals surface area contributed by atoms with Crippen molar-refractivity contribution in [2.45, 2.75) is 6.54 Å². The fourth-order valence-electron chi connectivity index (χ4n) is 2.78. The first-order valence-electron chi connectivity index (χ1n) is 9.87. The van der Waals surface area contributed by atoms with Crippen LogP contribution in [0.5, 0.6) is 0 Å². The van der Waals surface area contributed by atoms with Crippen LogP contribution in [0.3, 0.4) is 0 Å². The Kier molecular flexibility index (Phi) is 7.98. The molecule has 9 heteroatoms. The number of nitrogens with one attached hydrogen (secondary N) is 3. The van der Waals surface area contributed by atoms with E-state index in [2.05, 4.69) is 16.0 Å². The maximum Gasteiger partial charge on any atom is 0.269 e. The van der Waals surface area contributed by atoms with Crippen LogP contribution in [0.25, 0.3) is 6.08 Å². The predicted octanol–water partition coefficient (Wildman–Crippen LogP) is 4.05. The molecule has 0 unspecified atom stereocenters. The lowest BCUT2D eigenvalue weighted by Gasteiger charge is -2.09. The Morgan fingerprint density at radius 3 is 2.24 bits per heavy atom. The fourth-order valence-corrected chi connectivity index (χ4v) is 3.00. The molecule has 0 spiro atoms. The summed E-state index contributed by atoms with van der Waals surface area (Å²) < 4.78 is 0. The third-order valence-electron chi connectivity index (χ3n) is 4.47. The van der Waals surface area contributed by atoms with Crippen molar-refractivity contribution in [2.75, 3.05) is 5.32 Å². The highest BCUT2D eigenvalue weighted by Crippen LogP contribution is 2.13. The molecule has 0 aromatic heterocycles. The third kappa shape index (κ3) is 7.37. The first kappa shape index (κ1) is 23.3. The summed E-state index contributed by atoms with van der Waals surface area (Å²) in [4.78, 5) is 34.5. The smallest absolute Gasteiger partial charge is 0.269 e. The molecule has 166 valence electrons. The number of thiocarbonyl (C=S) groups is 1. The van der Waals surface area contributed by atoms with Crippen molar-refractivity contribution in [3.63, 3.8) is 0 Å². The van der Waals surface area contributed by atoms with Gasteiger partial charge in [0.2, 0.25) is 5.91 Å². The number of carbonyl (C=O) groups excluding carboxylic acids is 2. The monoisotopic (exact) mass is 460 g/mol. The average Bonchev–Trinajstić information content (AvgIpc) is 2.82. The van der Waals surface area contributed by atoms with Crippen LogP contribution in [-0.2, 0) is 11.3 Å². The molecule has 0 heterocycles. The number of nitro groups is 1. The Labute approximate surface area is 195 Å². The quantitative estimate of drug-likeness (QED) is 0.212. The summed E-state index contributed by atoms with van der Waals surface area (Å²) >= 11 is 5.14. The molecule has 0 fully saturated rings. The van der Waals surface area contributed by atoms with E-state index in [0.29, 0.717) is 23.4 Å². The summed E-state index contributed by atoms with van der Waals surface area (Å²) in [7, 11) is 0. The molecule has 33 heavy (non-hydrogen) atoms. The highest BCUT2D eigenvalue weighted by atomic mass is 32.1. The molecule has 3 rings (SSSR count). The molecule has 3 aromatic rings. The Bertz CT molecular complexity index is 1180. The van der Waals surface area contributed by atoms with E-state index in [1.165, 1.54) is 36.4 Å². The van der Waals surface area contributed by atoms with Crippen molar-refractivity contribution in [1.82, 2.24) is 10.6 Å². The highest BCUT2D eigenvalue weighted by Gasteiger charge is 2.07. The second kappa shape index (κ2) is 11.3. The maximum atomic E-state index is 12.3. The van der Waals surface area contributed by atoms with Gasteiger partial charge in [0.05, 0.1) is 4.92 Å². The van der Waals surface area contributed by atoms with Crippen molar-refractivity contribution < 1.29 is 14.5 Å². The summed E-state index contributed by atoms with van der Waals surface area (Å²) in [6, 6.07) is 22.1. The molecular weight excluding hydrogens is 440 g/mol. The molecule has 3 N–H and O–H groups in total. The third-order valence-corrected chi connectivity index (χ3v) is 4.67. The molecule has 0 atom stereocenters. The lowest BCUT2D eigenvalue weighted by molar-refractivity contribution is -0.384. The molecule has 0 aliphatic carbocycles. The average molecular weight is 461 g/mol. The maximum absolute atomic E-state index is 12.3. The number of amides is 2. The van der Waals surface area contributed by atoms with Gasteiger partial charge in [-0.15, -0.1) is 0 Å². The SMILES string of the molecule is O=C(/C=C/c1ccc([N+](=O)[O-])cc1)NC(=S)Nc1ccc(C(=O)NCc2ccccc2)cc1. The fraction of sp³-hybridized carbons (Fsp3) is 0.0417. The largest absolute Gasteiger partial charge is 0.348 e. The van der Waals surface area contributed by atoms with E-state index in [1.807, 2.05) is 30.3 Å². The number of hydrogen-bond donors (Lipinski definition) is 3. The molecule has 0 aliphatic rings. The zero-order chi connectivity index (χ0) is 23.6. The van der Waals surface area contributed by atoms with Gasteiger partial charge >= 0.3 is 0 Å². The van der Waals surface area contributed by atoms with E-state index in [4.69, 9.17) is 12.2 Å². The summed E-state index contributed by atoms with van der Waals surface area (Å²) in [5.74, 6) is -0.652. The number of nitrogens with zero attached hydrogens (tertiary/aromatic N) is 1. The predicted molar refractivity (Wildman–Crippen MR) is 131 cm³/mol. The van der Waals surface area contributed by atoms with Crippen LogP contribution in [0.4, 0.5) is 11.4 Å². The second-order valence-electron chi connectivity index (χ2n) is 6.87. The number of nitro benzene ring substituents is 1. The van der Waals surface area contributed by atoms with E-state index >= 15 is 0 Å². The topological polar surface area (TPSA) is 113 Å². The first-order chi connectivity index (χ1) is 15.9. The van der Waals surface area contributed by atoms with Gasteiger partial charge in [0.25, 0.3) is 11.6 Å². The van der Waals surface area contributed by atoms with E-state index < -0.39 is 10.8 Å². The Morgan fingerprint density at radius 1 is 0.939 bits per heavy atom. The van der Waals surface area contributed by atoms with Crippen LogP contribution in [0.15, 0.2) is 84.9 Å². The van der Waals surface area contributed by atoms with Crippen molar-refractivity contribution in [2.24, 2.45) is 0 Å². The number of rotatable bonds is 7. The Hall–Kier alpha value is -4.37. The standard InChI is InChI=1S/C24H20N4O4S/c29-22(15-8-17-6-13-21(14-7-17)28(31)32)27-24(33)26-20-11-9-19(10-12-20)23(30)25-16-18-4-2-1-3-5-18/h1-15H,16H2,(H,25,30)(H2,26,27,29,33)/b15-8+. The van der Waals surface area contributed by atoms with E-state index in [9.17, 15) is 19.7 Å². The molecule has 2 amide bonds. The number of hydrogen-bond acceptors (Lipinski definition) is 5. The number of non-ortho nitro benzene ring substituents is 1. The first-order valence-corrected chi connectivity index (χ1v) is 10.3. The van der Waals surface area contributed by atoms with Gasteiger partial charge in [-0.25, -0.2) is 0 Å². The normalized spacial score (nSPS) is 10.4. The van der Waals surface area contributed by atoms with Crippen molar-refractivity contribution >= 4 is 46.6 Å². The van der Waals surface area contributed by atoms with Gasteiger partial charge in [-0.1, -0.05) is 30.3 Å². The minimum Gasteiger partial charge on any atom is -0.348 e. The van der Waals surface area contributed by atoms with Gasteiger partial charge in [0, 0.05) is 36.0 Å². The highest BCUT2D eigenvalue weighted by molar-refractivity contribution is 7.80. The van der Waals surface area contributed by atoms with E-state index in [0.717, 1.165) is 5.56 Å². The second-order valence-corrected chi connectivity index (χ2v) is 7.28. The van der Waals surface area contributed by atoms with Gasteiger partial charge in [-0.05, 0) is 65.8 Å². The number of anilines is 1. The van der Waals surface area contributed by atoms with Crippen LogP contribution in [-0.4, -0.2) is 21.9 Å². The molecular formula is C24H20N4O4S. The Balaban J connectivity index is 1.47. The van der Waals surface area contributed by atoms with Gasteiger partial charge in [0.15, 0.2) is 5.11 Å². The lowest BCUT2D eigenvalue weighted by atomic mass is 10.2. The molecule has 0 aliphatic heterocycles. The van der Waals surface area contributed by atoms with Gasteiger partial charge in [-0.3, -0.25) is 25.0 Å². The van der Waals surface area contributed by atoms with Crippen molar-refractivity contribution in [3.05, 3.63) is 112 Å². The van der Waals surface area contributed by atoms with Gasteiger partial charge < -0.3 is 10.6 Å². The minimum absolute atomic E-state index is 0.0262. The van der Waals surface area contributed by atoms with E-state index in [-0.39, 0.29) is 16.7 Å². The van der Waals surface area contributed by atoms with Crippen LogP contribution in [0.2, 0.25) is 0 Å². The van der Waals surface area contributed by atoms with Crippen LogP contribution in [0, 0.1) is 10.1 Å². The van der Waals surface area contributed by atoms with E-state index in [1.54, 1.807) is 24.3 Å². The molecule has 0 saturated heterocycles. The van der Waals surface area contributed by atoms with Crippen molar-refractivity contribution in [3.8, 4) is 0 Å².